The first kappa shape index (κ1) is 23.2. The molecule has 2 aliphatic heterocycles. The summed E-state index contributed by atoms with van der Waals surface area (Å²) >= 11 is 0. The minimum Gasteiger partial charge on any atom is -0.460 e. The quantitative estimate of drug-likeness (QED) is 0.645. The molecule has 3 fully saturated rings. The molecule has 32 heavy (non-hydrogen) atoms. The number of nitrogens with zero attached hydrogens (tertiary/aromatic N) is 1. The molecule has 6 nitrogen and oxygen atoms in total. The molecule has 6 atom stereocenters. The van der Waals surface area contributed by atoms with E-state index in [4.69, 9.17) is 14.2 Å². The summed E-state index contributed by atoms with van der Waals surface area (Å²) in [5.74, 6) is 0.143. The van der Waals surface area contributed by atoms with E-state index in [1.165, 1.54) is 12.5 Å². The normalized spacial score (nSPS) is 36.2. The molecule has 0 aromatic heterocycles. The molecule has 0 radical (unpaired) electrons. The van der Waals surface area contributed by atoms with Crippen LogP contribution >= 0.6 is 0 Å². The fourth-order valence-corrected chi connectivity index (χ4v) is 6.06. The lowest BCUT2D eigenvalue weighted by Crippen LogP contribution is -2.71. The van der Waals surface area contributed by atoms with E-state index in [1.54, 1.807) is 11.8 Å². The fourth-order valence-electron chi connectivity index (χ4n) is 6.06. The molecule has 1 amide bonds. The molecule has 6 heteroatoms. The number of ether oxygens (including phenoxy) is 3. The van der Waals surface area contributed by atoms with E-state index in [9.17, 15) is 9.59 Å². The highest BCUT2D eigenvalue weighted by Gasteiger charge is 2.70. The van der Waals surface area contributed by atoms with Gasteiger partial charge in [-0.25, -0.2) is 4.79 Å². The van der Waals surface area contributed by atoms with Gasteiger partial charge in [-0.1, -0.05) is 57.5 Å². The van der Waals surface area contributed by atoms with Crippen molar-refractivity contribution in [3.05, 3.63) is 35.9 Å². The van der Waals surface area contributed by atoms with Gasteiger partial charge in [0.1, 0.15) is 17.9 Å². The number of benzene rings is 1. The first-order valence-corrected chi connectivity index (χ1v) is 11.8. The van der Waals surface area contributed by atoms with E-state index in [-0.39, 0.29) is 23.3 Å². The van der Waals surface area contributed by atoms with Crippen molar-refractivity contribution in [2.75, 3.05) is 0 Å². The van der Waals surface area contributed by atoms with Gasteiger partial charge in [0.05, 0.1) is 0 Å². The highest BCUT2D eigenvalue weighted by Crippen LogP contribution is 2.50. The summed E-state index contributed by atoms with van der Waals surface area (Å²) in [7, 11) is 0. The minimum absolute atomic E-state index is 0.139. The lowest BCUT2D eigenvalue weighted by molar-refractivity contribution is -0.300. The van der Waals surface area contributed by atoms with E-state index in [0.29, 0.717) is 5.92 Å². The van der Waals surface area contributed by atoms with Crippen LogP contribution in [0.3, 0.4) is 0 Å². The Morgan fingerprint density at radius 2 is 1.75 bits per heavy atom. The smallest absolute Gasteiger partial charge is 0.340 e. The lowest BCUT2D eigenvalue weighted by Gasteiger charge is -2.50. The van der Waals surface area contributed by atoms with E-state index in [0.717, 1.165) is 19.3 Å². The molecular weight excluding hydrogens is 406 g/mol. The summed E-state index contributed by atoms with van der Waals surface area (Å²) in [6, 6.07) is 9.97. The van der Waals surface area contributed by atoms with Crippen molar-refractivity contribution in [1.29, 1.82) is 0 Å². The summed E-state index contributed by atoms with van der Waals surface area (Å²) in [6.07, 6.45) is 2.14. The van der Waals surface area contributed by atoms with Crippen LogP contribution in [0.25, 0.3) is 0 Å². The number of hydrogen-bond acceptors (Lipinski definition) is 5. The lowest BCUT2D eigenvalue weighted by atomic mass is 9.64. The summed E-state index contributed by atoms with van der Waals surface area (Å²) in [5.41, 5.74) is -0.941. The number of rotatable bonds is 4. The molecule has 2 saturated heterocycles. The Kier molecular flexibility index (Phi) is 5.70. The van der Waals surface area contributed by atoms with Crippen LogP contribution in [0.4, 0.5) is 0 Å². The van der Waals surface area contributed by atoms with Crippen molar-refractivity contribution in [2.24, 2.45) is 11.8 Å². The molecule has 0 bridgehead atoms. The molecule has 1 saturated carbocycles. The first-order valence-electron chi connectivity index (χ1n) is 11.8. The molecule has 0 unspecified atom stereocenters. The van der Waals surface area contributed by atoms with Crippen molar-refractivity contribution in [2.45, 2.75) is 103 Å². The van der Waals surface area contributed by atoms with Crippen LogP contribution in [-0.4, -0.2) is 46.5 Å². The number of esters is 1. The molecule has 1 aromatic rings. The molecule has 1 aromatic carbocycles. The molecular formula is C26H37NO5. The Morgan fingerprint density at radius 1 is 1.09 bits per heavy atom. The number of carbonyl (C=O) groups excluding carboxylic acids is 2. The van der Waals surface area contributed by atoms with Crippen LogP contribution in [0.2, 0.25) is 0 Å². The predicted octanol–water partition coefficient (Wildman–Crippen LogP) is 4.41. The predicted molar refractivity (Wildman–Crippen MR) is 121 cm³/mol. The third kappa shape index (κ3) is 3.65. The van der Waals surface area contributed by atoms with Gasteiger partial charge in [0.2, 0.25) is 5.91 Å². The third-order valence-electron chi connectivity index (χ3n) is 7.95. The molecule has 0 spiro atoms. The van der Waals surface area contributed by atoms with Crippen LogP contribution in [-0.2, 0) is 29.2 Å². The average molecular weight is 444 g/mol. The first-order chi connectivity index (χ1) is 14.9. The zero-order valence-corrected chi connectivity index (χ0v) is 20.4. The van der Waals surface area contributed by atoms with E-state index in [1.807, 2.05) is 19.9 Å². The third-order valence-corrected chi connectivity index (χ3v) is 7.95. The van der Waals surface area contributed by atoms with Gasteiger partial charge in [-0.05, 0) is 50.5 Å². The molecule has 0 N–H and O–H groups in total. The Labute approximate surface area is 191 Å². The van der Waals surface area contributed by atoms with Gasteiger partial charge in [-0.3, -0.25) is 4.79 Å². The van der Waals surface area contributed by atoms with E-state index >= 15 is 0 Å². The fraction of sp³-hybridized carbons (Fsp3) is 0.692. The van der Waals surface area contributed by atoms with Gasteiger partial charge in [0.15, 0.2) is 11.9 Å². The largest absolute Gasteiger partial charge is 0.460 e. The van der Waals surface area contributed by atoms with Crippen molar-refractivity contribution in [1.82, 2.24) is 4.90 Å². The zero-order chi connectivity index (χ0) is 23.5. The van der Waals surface area contributed by atoms with Crippen molar-refractivity contribution >= 4 is 11.9 Å². The summed E-state index contributed by atoms with van der Waals surface area (Å²) in [6.45, 7) is 13.6. The van der Waals surface area contributed by atoms with Crippen molar-refractivity contribution in [3.8, 4) is 0 Å². The molecule has 4 rings (SSSR count). The maximum atomic E-state index is 13.5. The minimum atomic E-state index is -1.23. The Hall–Kier alpha value is -1.92. The van der Waals surface area contributed by atoms with Crippen molar-refractivity contribution < 1.29 is 23.8 Å². The summed E-state index contributed by atoms with van der Waals surface area (Å²) in [4.78, 5) is 27.5. The molecule has 3 aliphatic rings. The Morgan fingerprint density at radius 3 is 2.38 bits per heavy atom. The van der Waals surface area contributed by atoms with E-state index < -0.39 is 29.6 Å². The standard InChI is InChI=1S/C26H37NO5/c1-16-13-14-19(24(3,4)18-11-9-8-10-12-18)20(15-16)30-23(29)26(7)21-22(32-26)31-25(5,6)27(21)17(2)28/h8-12,16,19-22H,13-15H2,1-7H3/t16-,19-,20-,21+,22+,26+/m1/s1. The summed E-state index contributed by atoms with van der Waals surface area (Å²) < 4.78 is 18.0. The average Bonchev–Trinajstić information content (AvgIpc) is 2.94. The number of carbonyl (C=O) groups is 2. The van der Waals surface area contributed by atoms with Crippen molar-refractivity contribution in [3.63, 3.8) is 0 Å². The number of hydrogen-bond donors (Lipinski definition) is 0. The van der Waals surface area contributed by atoms with Crippen LogP contribution in [0, 0.1) is 11.8 Å². The SMILES string of the molecule is CC(=O)N1[C@H]2[C@@H](OC1(C)C)O[C@]2(C)C(=O)O[C@@H]1C[C@H](C)CC[C@H]1C(C)(C)c1ccccc1. The highest BCUT2D eigenvalue weighted by molar-refractivity contribution is 5.84. The van der Waals surface area contributed by atoms with Gasteiger partial charge in [0.25, 0.3) is 0 Å². The van der Waals surface area contributed by atoms with Gasteiger partial charge in [0, 0.05) is 12.8 Å². The highest BCUT2D eigenvalue weighted by atomic mass is 16.8. The van der Waals surface area contributed by atoms with Gasteiger partial charge >= 0.3 is 5.97 Å². The number of fused-ring (bicyclic) bond motifs is 1. The van der Waals surface area contributed by atoms with Crippen LogP contribution in [0.15, 0.2) is 30.3 Å². The molecule has 1 aliphatic carbocycles. The topological polar surface area (TPSA) is 65.1 Å². The van der Waals surface area contributed by atoms with Gasteiger partial charge < -0.3 is 19.1 Å². The molecule has 2 heterocycles. The second kappa shape index (κ2) is 7.84. The summed E-state index contributed by atoms with van der Waals surface area (Å²) in [5, 5.41) is 0. The Bertz CT molecular complexity index is 881. The zero-order valence-electron chi connectivity index (χ0n) is 20.4. The maximum absolute atomic E-state index is 13.5. The second-order valence-corrected chi connectivity index (χ2v) is 11.0. The van der Waals surface area contributed by atoms with Crippen LogP contribution < -0.4 is 0 Å². The van der Waals surface area contributed by atoms with Gasteiger partial charge in [-0.15, -0.1) is 0 Å². The maximum Gasteiger partial charge on any atom is 0.340 e. The second-order valence-electron chi connectivity index (χ2n) is 11.0. The van der Waals surface area contributed by atoms with E-state index in [2.05, 4.69) is 45.0 Å². The number of amides is 1. The van der Waals surface area contributed by atoms with Crippen LogP contribution in [0.1, 0.15) is 73.3 Å². The van der Waals surface area contributed by atoms with Crippen LogP contribution in [0.5, 0.6) is 0 Å². The monoisotopic (exact) mass is 443 g/mol. The van der Waals surface area contributed by atoms with Gasteiger partial charge in [-0.2, -0.15) is 0 Å². The Balaban J connectivity index is 1.56. The molecule has 176 valence electrons.